The Hall–Kier alpha value is -0.120. The third-order valence-electron chi connectivity index (χ3n) is 5.57. The van der Waals surface area contributed by atoms with Gasteiger partial charge in [-0.15, -0.1) is 0 Å². The van der Waals surface area contributed by atoms with Crippen molar-refractivity contribution in [2.24, 2.45) is 17.6 Å². The maximum Gasteiger partial charge on any atom is 0.0568 e. The van der Waals surface area contributed by atoms with Crippen LogP contribution in [0.15, 0.2) is 0 Å². The summed E-state index contributed by atoms with van der Waals surface area (Å²) < 4.78 is 5.94. The number of nitrogens with zero attached hydrogens (tertiary/aromatic N) is 1. The molecule has 0 amide bonds. The minimum absolute atomic E-state index is 0.183. The van der Waals surface area contributed by atoms with Gasteiger partial charge in [-0.25, -0.2) is 0 Å². The lowest BCUT2D eigenvalue weighted by Gasteiger charge is -2.49. The van der Waals surface area contributed by atoms with Crippen LogP contribution in [0.5, 0.6) is 0 Å². The molecule has 0 spiro atoms. The summed E-state index contributed by atoms with van der Waals surface area (Å²) in [6.07, 6.45) is 6.92. The zero-order valence-corrected chi connectivity index (χ0v) is 13.9. The molecule has 0 saturated carbocycles. The molecule has 0 bridgehead atoms. The van der Waals surface area contributed by atoms with E-state index in [4.69, 9.17) is 10.5 Å². The van der Waals surface area contributed by atoms with Gasteiger partial charge in [0.05, 0.1) is 12.2 Å². The number of ether oxygens (including phenoxy) is 1. The Kier molecular flexibility index (Phi) is 5.49. The minimum atomic E-state index is 0.183. The first kappa shape index (κ1) is 16.3. The van der Waals surface area contributed by atoms with Gasteiger partial charge in [0.25, 0.3) is 0 Å². The molecule has 0 radical (unpaired) electrons. The van der Waals surface area contributed by atoms with Gasteiger partial charge in [0.1, 0.15) is 0 Å². The van der Waals surface area contributed by atoms with Crippen LogP contribution in [0.1, 0.15) is 59.8 Å². The quantitative estimate of drug-likeness (QED) is 0.864. The first-order chi connectivity index (χ1) is 9.47. The van der Waals surface area contributed by atoms with E-state index in [0.717, 1.165) is 31.2 Å². The SMILES string of the molecule is CC1CC(CN)(N2CCCC(C(C)C)CC2)CC(C)O1. The van der Waals surface area contributed by atoms with Gasteiger partial charge in [0.15, 0.2) is 0 Å². The van der Waals surface area contributed by atoms with Crippen LogP contribution < -0.4 is 5.73 Å². The lowest BCUT2D eigenvalue weighted by Crippen LogP contribution is -2.60. The van der Waals surface area contributed by atoms with Gasteiger partial charge in [-0.3, -0.25) is 4.90 Å². The Morgan fingerprint density at radius 2 is 1.80 bits per heavy atom. The molecule has 3 nitrogen and oxygen atoms in total. The van der Waals surface area contributed by atoms with Crippen LogP contribution in [0.4, 0.5) is 0 Å². The van der Waals surface area contributed by atoms with E-state index in [1.165, 1.54) is 32.4 Å². The zero-order chi connectivity index (χ0) is 14.8. The molecule has 3 heteroatoms. The van der Waals surface area contributed by atoms with Crippen LogP contribution in [0.3, 0.4) is 0 Å². The molecule has 2 saturated heterocycles. The Balaban J connectivity index is 2.07. The molecule has 0 aliphatic carbocycles. The first-order valence-corrected chi connectivity index (χ1v) is 8.57. The van der Waals surface area contributed by atoms with Gasteiger partial charge in [-0.05, 0) is 70.9 Å². The van der Waals surface area contributed by atoms with E-state index in [9.17, 15) is 0 Å². The predicted molar refractivity (Wildman–Crippen MR) is 84.8 cm³/mol. The van der Waals surface area contributed by atoms with Crippen molar-refractivity contribution >= 4 is 0 Å². The highest BCUT2D eigenvalue weighted by atomic mass is 16.5. The summed E-state index contributed by atoms with van der Waals surface area (Å²) in [7, 11) is 0. The lowest BCUT2D eigenvalue weighted by molar-refractivity contribution is -0.103. The molecule has 2 N–H and O–H groups in total. The molecule has 20 heavy (non-hydrogen) atoms. The smallest absolute Gasteiger partial charge is 0.0568 e. The van der Waals surface area contributed by atoms with Gasteiger partial charge in [-0.2, -0.15) is 0 Å². The van der Waals surface area contributed by atoms with Crippen LogP contribution in [0, 0.1) is 11.8 Å². The fourth-order valence-electron chi connectivity index (χ4n) is 4.46. The Morgan fingerprint density at radius 1 is 1.15 bits per heavy atom. The predicted octanol–water partition coefficient (Wildman–Crippen LogP) is 3.03. The molecule has 3 unspecified atom stereocenters. The lowest BCUT2D eigenvalue weighted by atomic mass is 9.82. The van der Waals surface area contributed by atoms with E-state index in [1.807, 2.05) is 0 Å². The van der Waals surface area contributed by atoms with E-state index in [0.29, 0.717) is 12.2 Å². The number of likely N-dealkylation sites (tertiary alicyclic amines) is 1. The summed E-state index contributed by atoms with van der Waals surface area (Å²) in [6, 6.07) is 0. The molecule has 0 aromatic carbocycles. The second-order valence-electron chi connectivity index (χ2n) is 7.52. The first-order valence-electron chi connectivity index (χ1n) is 8.57. The van der Waals surface area contributed by atoms with Crippen molar-refractivity contribution in [3.05, 3.63) is 0 Å². The Labute approximate surface area is 125 Å². The van der Waals surface area contributed by atoms with Crippen LogP contribution in [-0.2, 0) is 4.74 Å². The number of hydrogen-bond donors (Lipinski definition) is 1. The Bertz CT molecular complexity index is 295. The second-order valence-corrected chi connectivity index (χ2v) is 7.52. The molecule has 2 heterocycles. The highest BCUT2D eigenvalue weighted by molar-refractivity contribution is 4.98. The van der Waals surface area contributed by atoms with Crippen LogP contribution in [0.2, 0.25) is 0 Å². The van der Waals surface area contributed by atoms with Crippen molar-refractivity contribution in [2.45, 2.75) is 77.5 Å². The molecule has 0 aromatic rings. The average Bonchev–Trinajstić information content (AvgIpc) is 2.63. The molecule has 2 rings (SSSR count). The number of nitrogens with two attached hydrogens (primary N) is 1. The van der Waals surface area contributed by atoms with Crippen molar-refractivity contribution in [2.75, 3.05) is 19.6 Å². The summed E-state index contributed by atoms with van der Waals surface area (Å²) in [5.74, 6) is 1.71. The topological polar surface area (TPSA) is 38.5 Å². The molecular formula is C17H34N2O. The maximum absolute atomic E-state index is 6.24. The van der Waals surface area contributed by atoms with Gasteiger partial charge in [0.2, 0.25) is 0 Å². The molecule has 2 aliphatic rings. The highest BCUT2D eigenvalue weighted by Gasteiger charge is 2.42. The van der Waals surface area contributed by atoms with Gasteiger partial charge in [0, 0.05) is 12.1 Å². The summed E-state index contributed by atoms with van der Waals surface area (Å²) >= 11 is 0. The standard InChI is InChI=1S/C17H34N2O/c1-13(2)16-6-5-8-19(9-7-16)17(12-18)10-14(3)20-15(4)11-17/h13-16H,5-12,18H2,1-4H3. The fraction of sp³-hybridized carbons (Fsp3) is 1.00. The number of hydrogen-bond acceptors (Lipinski definition) is 3. The summed E-state index contributed by atoms with van der Waals surface area (Å²) in [6.45, 7) is 12.4. The number of rotatable bonds is 3. The van der Waals surface area contributed by atoms with Crippen molar-refractivity contribution in [3.8, 4) is 0 Å². The molecule has 2 fully saturated rings. The second kappa shape index (κ2) is 6.76. The normalized spacial score (nSPS) is 40.8. The van der Waals surface area contributed by atoms with E-state index in [-0.39, 0.29) is 5.54 Å². The summed E-state index contributed by atoms with van der Waals surface area (Å²) in [5.41, 5.74) is 6.43. The van der Waals surface area contributed by atoms with Crippen molar-refractivity contribution in [1.29, 1.82) is 0 Å². The monoisotopic (exact) mass is 282 g/mol. The molecular weight excluding hydrogens is 248 g/mol. The Morgan fingerprint density at radius 3 is 2.35 bits per heavy atom. The van der Waals surface area contributed by atoms with Gasteiger partial charge < -0.3 is 10.5 Å². The van der Waals surface area contributed by atoms with Crippen molar-refractivity contribution < 1.29 is 4.74 Å². The molecule has 3 atom stereocenters. The zero-order valence-electron chi connectivity index (χ0n) is 13.9. The van der Waals surface area contributed by atoms with E-state index < -0.39 is 0 Å². The van der Waals surface area contributed by atoms with E-state index >= 15 is 0 Å². The van der Waals surface area contributed by atoms with E-state index in [1.54, 1.807) is 0 Å². The molecule has 2 aliphatic heterocycles. The van der Waals surface area contributed by atoms with Crippen LogP contribution >= 0.6 is 0 Å². The van der Waals surface area contributed by atoms with Crippen LogP contribution in [0.25, 0.3) is 0 Å². The van der Waals surface area contributed by atoms with Crippen molar-refractivity contribution in [1.82, 2.24) is 4.90 Å². The largest absolute Gasteiger partial charge is 0.375 e. The summed E-state index contributed by atoms with van der Waals surface area (Å²) in [4.78, 5) is 2.71. The molecule has 118 valence electrons. The third-order valence-corrected chi connectivity index (χ3v) is 5.57. The van der Waals surface area contributed by atoms with Gasteiger partial charge >= 0.3 is 0 Å². The minimum Gasteiger partial charge on any atom is -0.375 e. The van der Waals surface area contributed by atoms with Gasteiger partial charge in [-0.1, -0.05) is 13.8 Å². The fourth-order valence-corrected chi connectivity index (χ4v) is 4.46. The molecule has 0 aromatic heterocycles. The average molecular weight is 282 g/mol. The van der Waals surface area contributed by atoms with Crippen molar-refractivity contribution in [3.63, 3.8) is 0 Å². The third kappa shape index (κ3) is 3.55. The highest BCUT2D eigenvalue weighted by Crippen LogP contribution is 2.36. The summed E-state index contributed by atoms with van der Waals surface area (Å²) in [5, 5.41) is 0. The van der Waals surface area contributed by atoms with E-state index in [2.05, 4.69) is 32.6 Å². The van der Waals surface area contributed by atoms with Crippen LogP contribution in [-0.4, -0.2) is 42.3 Å². The maximum atomic E-state index is 6.24.